The van der Waals surface area contributed by atoms with Crippen LogP contribution in [0.15, 0.2) is 35.1 Å². The number of Topliss-reactive ketones (excluding diaryl/α,β-unsaturated/α-hetero) is 1. The van der Waals surface area contributed by atoms with Gasteiger partial charge in [-0.25, -0.2) is 9.78 Å². The van der Waals surface area contributed by atoms with Gasteiger partial charge >= 0.3 is 6.09 Å². The van der Waals surface area contributed by atoms with Crippen LogP contribution in [0.25, 0.3) is 6.08 Å². The summed E-state index contributed by atoms with van der Waals surface area (Å²) in [6, 6.07) is 5.15. The summed E-state index contributed by atoms with van der Waals surface area (Å²) in [6.45, 7) is 6.96. The number of nitrogens with zero attached hydrogens (tertiary/aromatic N) is 4. The first-order valence-corrected chi connectivity index (χ1v) is 12.4. The number of likely N-dealkylation sites (tertiary alicyclic amines) is 1. The van der Waals surface area contributed by atoms with Crippen LogP contribution < -0.4 is 0 Å². The van der Waals surface area contributed by atoms with Gasteiger partial charge in [-0.15, -0.1) is 0 Å². The number of ether oxygens (including phenoxy) is 2. The lowest BCUT2D eigenvalue weighted by atomic mass is 9.94. The number of hydrogen-bond donors (Lipinski definition) is 0. The number of aromatic nitrogens is 3. The molecule has 180 valence electrons. The summed E-state index contributed by atoms with van der Waals surface area (Å²) in [5.74, 6) is -0.0302. The van der Waals surface area contributed by atoms with Crippen LogP contribution in [-0.4, -0.2) is 55.8 Å². The molecule has 1 spiro atoms. The van der Waals surface area contributed by atoms with E-state index in [9.17, 15) is 9.59 Å². The van der Waals surface area contributed by atoms with Crippen LogP contribution in [0.3, 0.4) is 0 Å². The van der Waals surface area contributed by atoms with Crippen LogP contribution in [0.4, 0.5) is 4.79 Å². The highest BCUT2D eigenvalue weighted by Gasteiger charge is 2.67. The highest BCUT2D eigenvalue weighted by atomic mass is 79.9. The number of carbonyl (C=O) groups is 2. The standard InChI is InChI=1S/C25H29BrN4O4/c1-24(2,3)34-23(32)30-19-12-25(13-21(25)30)15-29-9-8-17(28-29)5-4-10-33-14-16-6-7-22(26)27-18(16)11-20(19)31/h4-9,19,21H,10-15H2,1-3H3/b5-4-/t19-,21+,25-/m0/s1. The summed E-state index contributed by atoms with van der Waals surface area (Å²) in [6.07, 6.45) is 6.97. The molecule has 2 aromatic heterocycles. The van der Waals surface area contributed by atoms with Crippen molar-refractivity contribution >= 4 is 33.9 Å². The molecule has 5 rings (SSSR count). The minimum Gasteiger partial charge on any atom is -0.444 e. The molecule has 1 saturated heterocycles. The van der Waals surface area contributed by atoms with Crippen molar-refractivity contribution in [3.8, 4) is 0 Å². The van der Waals surface area contributed by atoms with E-state index < -0.39 is 17.7 Å². The average molecular weight is 529 g/mol. The Morgan fingerprint density at radius 3 is 2.88 bits per heavy atom. The lowest BCUT2D eigenvalue weighted by Crippen LogP contribution is -2.46. The predicted octanol–water partition coefficient (Wildman–Crippen LogP) is 4.16. The Morgan fingerprint density at radius 1 is 1.26 bits per heavy atom. The third-order valence-corrected chi connectivity index (χ3v) is 7.11. The number of piperidine rings is 1. The number of hydrogen-bond acceptors (Lipinski definition) is 6. The van der Waals surface area contributed by atoms with Gasteiger partial charge in [0.1, 0.15) is 10.2 Å². The van der Waals surface area contributed by atoms with Crippen molar-refractivity contribution in [3.63, 3.8) is 0 Å². The third kappa shape index (κ3) is 4.68. The van der Waals surface area contributed by atoms with Gasteiger partial charge in [0.05, 0.1) is 37.1 Å². The van der Waals surface area contributed by atoms with Gasteiger partial charge in [0, 0.05) is 24.2 Å². The van der Waals surface area contributed by atoms with E-state index in [-0.39, 0.29) is 23.7 Å². The molecule has 34 heavy (non-hydrogen) atoms. The Morgan fingerprint density at radius 2 is 2.09 bits per heavy atom. The van der Waals surface area contributed by atoms with Gasteiger partial charge in [0.2, 0.25) is 0 Å². The molecule has 1 saturated carbocycles. The first kappa shape index (κ1) is 23.2. The molecule has 0 radical (unpaired) electrons. The Labute approximate surface area is 207 Å². The predicted molar refractivity (Wildman–Crippen MR) is 129 cm³/mol. The quantitative estimate of drug-likeness (QED) is 0.477. The Balaban J connectivity index is 1.50. The average Bonchev–Trinajstić information content (AvgIpc) is 3.09. The van der Waals surface area contributed by atoms with Gasteiger partial charge in [0.15, 0.2) is 5.78 Å². The number of carbonyl (C=O) groups excluding carboxylic acids is 2. The first-order chi connectivity index (χ1) is 16.1. The maximum Gasteiger partial charge on any atom is 0.411 e. The summed E-state index contributed by atoms with van der Waals surface area (Å²) >= 11 is 3.42. The molecule has 1 amide bonds. The van der Waals surface area contributed by atoms with Crippen molar-refractivity contribution in [2.24, 2.45) is 5.41 Å². The Bertz CT molecular complexity index is 1150. The molecule has 2 aliphatic heterocycles. The molecular formula is C25H29BrN4O4. The van der Waals surface area contributed by atoms with Crippen LogP contribution in [0.1, 0.15) is 50.6 Å². The van der Waals surface area contributed by atoms with E-state index in [0.717, 1.165) is 17.7 Å². The van der Waals surface area contributed by atoms with E-state index in [1.54, 1.807) is 4.90 Å². The number of amides is 1. The number of ketones is 1. The molecule has 0 N–H and O–H groups in total. The van der Waals surface area contributed by atoms with Crippen molar-refractivity contribution < 1.29 is 19.1 Å². The first-order valence-electron chi connectivity index (χ1n) is 11.6. The van der Waals surface area contributed by atoms with Crippen molar-refractivity contribution in [1.82, 2.24) is 19.7 Å². The molecule has 8 nitrogen and oxygen atoms in total. The topological polar surface area (TPSA) is 86.6 Å². The molecule has 3 aliphatic rings. The molecule has 3 atom stereocenters. The zero-order valence-corrected chi connectivity index (χ0v) is 21.2. The Kier molecular flexibility index (Phi) is 5.88. The molecule has 0 unspecified atom stereocenters. The summed E-state index contributed by atoms with van der Waals surface area (Å²) in [4.78, 5) is 33.1. The summed E-state index contributed by atoms with van der Waals surface area (Å²) in [5, 5.41) is 4.66. The molecular weight excluding hydrogens is 500 g/mol. The summed E-state index contributed by atoms with van der Waals surface area (Å²) in [7, 11) is 0. The fraction of sp³-hybridized carbons (Fsp3) is 0.520. The minimum absolute atomic E-state index is 0.0302. The SMILES string of the molecule is CC(C)(C)OC(=O)N1[C@H]2C[C@]3(C[C@@H]13)Cn1ccc(n1)/C=C\COCc1ccc(Br)nc1CC2=O. The molecule has 2 fully saturated rings. The van der Waals surface area contributed by atoms with Gasteiger partial charge in [-0.05, 0) is 73.3 Å². The lowest BCUT2D eigenvalue weighted by Gasteiger charge is -2.30. The van der Waals surface area contributed by atoms with E-state index in [4.69, 9.17) is 9.47 Å². The fourth-order valence-corrected chi connectivity index (χ4v) is 5.41. The second-order valence-corrected chi connectivity index (χ2v) is 11.2. The second-order valence-electron chi connectivity index (χ2n) is 10.4. The molecule has 2 aromatic rings. The minimum atomic E-state index is -0.639. The van der Waals surface area contributed by atoms with E-state index in [1.807, 2.05) is 62.0 Å². The monoisotopic (exact) mass is 528 g/mol. The van der Waals surface area contributed by atoms with Gasteiger partial charge in [-0.3, -0.25) is 14.4 Å². The van der Waals surface area contributed by atoms with E-state index >= 15 is 0 Å². The van der Waals surface area contributed by atoms with Gasteiger partial charge < -0.3 is 9.47 Å². The van der Waals surface area contributed by atoms with Crippen molar-refractivity contribution in [1.29, 1.82) is 0 Å². The highest BCUT2D eigenvalue weighted by molar-refractivity contribution is 9.10. The second kappa shape index (κ2) is 8.61. The van der Waals surface area contributed by atoms with Gasteiger partial charge in [-0.1, -0.05) is 12.1 Å². The Hall–Kier alpha value is -2.52. The maximum atomic E-state index is 13.6. The molecule has 1 aliphatic carbocycles. The molecule has 4 heterocycles. The summed E-state index contributed by atoms with van der Waals surface area (Å²) in [5.41, 5.74) is 1.58. The smallest absolute Gasteiger partial charge is 0.411 e. The van der Waals surface area contributed by atoms with Crippen molar-refractivity contribution in [2.75, 3.05) is 6.61 Å². The zero-order valence-electron chi connectivity index (χ0n) is 19.7. The number of fused-ring (bicyclic) bond motifs is 4. The van der Waals surface area contributed by atoms with Crippen LogP contribution in [0.5, 0.6) is 0 Å². The van der Waals surface area contributed by atoms with Crippen LogP contribution in [0.2, 0.25) is 0 Å². The molecule has 0 aromatic carbocycles. The van der Waals surface area contributed by atoms with E-state index in [1.165, 1.54) is 0 Å². The molecule has 4 bridgehead atoms. The van der Waals surface area contributed by atoms with Crippen LogP contribution in [-0.2, 0) is 33.8 Å². The van der Waals surface area contributed by atoms with Crippen molar-refractivity contribution in [3.05, 3.63) is 52.0 Å². The number of pyridine rings is 1. The van der Waals surface area contributed by atoms with E-state index in [2.05, 4.69) is 26.0 Å². The zero-order chi connectivity index (χ0) is 24.1. The van der Waals surface area contributed by atoms with E-state index in [0.29, 0.717) is 36.5 Å². The van der Waals surface area contributed by atoms with Gasteiger partial charge in [-0.2, -0.15) is 5.10 Å². The highest BCUT2D eigenvalue weighted by Crippen LogP contribution is 2.61. The normalized spacial score (nSPS) is 27.6. The third-order valence-electron chi connectivity index (χ3n) is 6.67. The van der Waals surface area contributed by atoms with Crippen LogP contribution in [0, 0.1) is 5.41 Å². The number of rotatable bonds is 0. The fourth-order valence-electron chi connectivity index (χ4n) is 5.07. The van der Waals surface area contributed by atoms with Crippen molar-refractivity contribution in [2.45, 2.75) is 70.9 Å². The van der Waals surface area contributed by atoms with Crippen LogP contribution >= 0.6 is 15.9 Å². The number of halogens is 1. The molecule has 9 heteroatoms. The van der Waals surface area contributed by atoms with Gasteiger partial charge in [0.25, 0.3) is 0 Å². The maximum absolute atomic E-state index is 13.6. The largest absolute Gasteiger partial charge is 0.444 e. The lowest BCUT2D eigenvalue weighted by molar-refractivity contribution is -0.123. The summed E-state index contributed by atoms with van der Waals surface area (Å²) < 4.78 is 14.1.